The molecule has 20 heavy (non-hydrogen) atoms. The summed E-state index contributed by atoms with van der Waals surface area (Å²) in [6.07, 6.45) is 1.08. The summed E-state index contributed by atoms with van der Waals surface area (Å²) in [5.41, 5.74) is 1.18. The molecule has 1 N–H and O–H groups in total. The molecule has 4 heteroatoms. The fourth-order valence-electron chi connectivity index (χ4n) is 1.99. The first-order chi connectivity index (χ1) is 9.76. The van der Waals surface area contributed by atoms with Crippen LogP contribution in [0.3, 0.4) is 0 Å². The largest absolute Gasteiger partial charge is 0.493 e. The zero-order valence-corrected chi connectivity index (χ0v) is 13.0. The van der Waals surface area contributed by atoms with Crippen molar-refractivity contribution in [3.8, 4) is 11.5 Å². The summed E-state index contributed by atoms with van der Waals surface area (Å²) >= 11 is 1.80. The molecule has 0 saturated heterocycles. The van der Waals surface area contributed by atoms with E-state index in [2.05, 4.69) is 24.4 Å². The number of ether oxygens (including phenoxy) is 2. The average Bonchev–Trinajstić information content (AvgIpc) is 2.93. The molecule has 0 fully saturated rings. The monoisotopic (exact) mass is 291 g/mol. The third-order valence-electron chi connectivity index (χ3n) is 3.04. The van der Waals surface area contributed by atoms with E-state index in [0.717, 1.165) is 24.5 Å². The number of nitrogens with one attached hydrogen (secondary N) is 1. The molecule has 1 aromatic carbocycles. The predicted molar refractivity (Wildman–Crippen MR) is 83.8 cm³/mol. The van der Waals surface area contributed by atoms with Crippen molar-refractivity contribution in [1.82, 2.24) is 5.32 Å². The minimum Gasteiger partial charge on any atom is -0.493 e. The first-order valence-electron chi connectivity index (χ1n) is 6.78. The molecule has 0 spiro atoms. The van der Waals surface area contributed by atoms with Gasteiger partial charge >= 0.3 is 0 Å². The second-order valence-electron chi connectivity index (χ2n) is 4.53. The number of aryl methyl sites for hydroxylation is 1. The highest BCUT2D eigenvalue weighted by atomic mass is 32.1. The van der Waals surface area contributed by atoms with Crippen LogP contribution < -0.4 is 14.8 Å². The summed E-state index contributed by atoms with van der Waals surface area (Å²) in [5.74, 6) is 1.57. The molecule has 0 aliphatic rings. The molecule has 2 rings (SSSR count). The Kier molecular flexibility index (Phi) is 5.44. The van der Waals surface area contributed by atoms with Crippen molar-refractivity contribution in [2.24, 2.45) is 0 Å². The van der Waals surface area contributed by atoms with Crippen LogP contribution in [-0.2, 0) is 19.6 Å². The summed E-state index contributed by atoms with van der Waals surface area (Å²) in [6.45, 7) is 3.57. The Morgan fingerprint density at radius 3 is 2.55 bits per heavy atom. The number of thiophene rings is 1. The van der Waals surface area contributed by atoms with E-state index in [-0.39, 0.29) is 0 Å². The average molecular weight is 291 g/mol. The maximum Gasteiger partial charge on any atom is 0.162 e. The standard InChI is InChI=1S/C16H21NO2S/c1-4-13-6-7-14(20-13)11-19-16-9-12(10-17-2)5-8-15(16)18-3/h5-9,17H,4,10-11H2,1-3H3. The minimum atomic E-state index is 0.587. The molecule has 0 amide bonds. The van der Waals surface area contributed by atoms with Gasteiger partial charge in [0.2, 0.25) is 0 Å². The van der Waals surface area contributed by atoms with Gasteiger partial charge in [-0.05, 0) is 43.3 Å². The molecule has 108 valence electrons. The highest BCUT2D eigenvalue weighted by molar-refractivity contribution is 7.11. The molecule has 0 saturated carbocycles. The fourth-order valence-corrected chi connectivity index (χ4v) is 2.86. The van der Waals surface area contributed by atoms with E-state index < -0.39 is 0 Å². The van der Waals surface area contributed by atoms with Gasteiger partial charge in [0, 0.05) is 16.3 Å². The highest BCUT2D eigenvalue weighted by Crippen LogP contribution is 2.29. The number of hydrogen-bond acceptors (Lipinski definition) is 4. The van der Waals surface area contributed by atoms with Gasteiger partial charge in [0.1, 0.15) is 6.61 Å². The quantitative estimate of drug-likeness (QED) is 0.845. The SMILES string of the molecule is CCc1ccc(COc2cc(CNC)ccc2OC)s1. The third-order valence-corrected chi connectivity index (χ3v) is 4.25. The number of methoxy groups -OCH3 is 1. The van der Waals surface area contributed by atoms with Crippen LogP contribution >= 0.6 is 11.3 Å². The Balaban J connectivity index is 2.08. The van der Waals surface area contributed by atoms with Gasteiger partial charge in [-0.2, -0.15) is 0 Å². The predicted octanol–water partition coefficient (Wildman–Crippen LogP) is 3.62. The molecular formula is C16H21NO2S. The first-order valence-corrected chi connectivity index (χ1v) is 7.60. The van der Waals surface area contributed by atoms with Crippen LogP contribution in [0.5, 0.6) is 11.5 Å². The van der Waals surface area contributed by atoms with E-state index >= 15 is 0 Å². The van der Waals surface area contributed by atoms with Crippen molar-refractivity contribution in [2.75, 3.05) is 14.2 Å². The van der Waals surface area contributed by atoms with Crippen LogP contribution in [0.1, 0.15) is 22.2 Å². The third kappa shape index (κ3) is 3.74. The van der Waals surface area contributed by atoms with Crippen molar-refractivity contribution in [3.05, 3.63) is 45.6 Å². The number of rotatable bonds is 7. The Morgan fingerprint density at radius 1 is 1.10 bits per heavy atom. The maximum absolute atomic E-state index is 5.92. The van der Waals surface area contributed by atoms with Gasteiger partial charge in [0.25, 0.3) is 0 Å². The molecule has 0 unspecified atom stereocenters. The zero-order chi connectivity index (χ0) is 14.4. The van der Waals surface area contributed by atoms with Crippen LogP contribution in [-0.4, -0.2) is 14.2 Å². The van der Waals surface area contributed by atoms with Gasteiger partial charge in [-0.25, -0.2) is 0 Å². The smallest absolute Gasteiger partial charge is 0.162 e. The van der Waals surface area contributed by atoms with Crippen molar-refractivity contribution < 1.29 is 9.47 Å². The summed E-state index contributed by atoms with van der Waals surface area (Å²) in [7, 11) is 3.60. The van der Waals surface area contributed by atoms with Crippen molar-refractivity contribution in [3.63, 3.8) is 0 Å². The molecule has 1 aromatic heterocycles. The van der Waals surface area contributed by atoms with E-state index in [1.807, 2.05) is 25.2 Å². The first kappa shape index (κ1) is 14.9. The number of hydrogen-bond donors (Lipinski definition) is 1. The normalized spacial score (nSPS) is 10.6. The lowest BCUT2D eigenvalue weighted by molar-refractivity contribution is 0.287. The Morgan fingerprint density at radius 2 is 1.90 bits per heavy atom. The maximum atomic E-state index is 5.92. The van der Waals surface area contributed by atoms with E-state index in [4.69, 9.17) is 9.47 Å². The summed E-state index contributed by atoms with van der Waals surface area (Å²) in [6, 6.07) is 10.3. The van der Waals surface area contributed by atoms with E-state index in [0.29, 0.717) is 6.61 Å². The van der Waals surface area contributed by atoms with Crippen molar-refractivity contribution in [2.45, 2.75) is 26.5 Å². The van der Waals surface area contributed by atoms with Crippen LogP contribution in [0, 0.1) is 0 Å². The topological polar surface area (TPSA) is 30.5 Å². The molecule has 0 aliphatic heterocycles. The highest BCUT2D eigenvalue weighted by Gasteiger charge is 2.07. The second-order valence-corrected chi connectivity index (χ2v) is 5.78. The molecule has 0 atom stereocenters. The summed E-state index contributed by atoms with van der Waals surface area (Å²) in [4.78, 5) is 2.63. The van der Waals surface area contributed by atoms with Gasteiger partial charge in [0.05, 0.1) is 7.11 Å². The lowest BCUT2D eigenvalue weighted by Crippen LogP contribution is -2.05. The second kappa shape index (κ2) is 7.31. The summed E-state index contributed by atoms with van der Waals surface area (Å²) < 4.78 is 11.3. The van der Waals surface area contributed by atoms with Gasteiger partial charge in [-0.3, -0.25) is 0 Å². The van der Waals surface area contributed by atoms with Gasteiger partial charge < -0.3 is 14.8 Å². The van der Waals surface area contributed by atoms with Crippen molar-refractivity contribution >= 4 is 11.3 Å². The van der Waals surface area contributed by atoms with Gasteiger partial charge in [0.15, 0.2) is 11.5 Å². The lowest BCUT2D eigenvalue weighted by atomic mass is 10.2. The molecule has 1 heterocycles. The van der Waals surface area contributed by atoms with E-state index in [9.17, 15) is 0 Å². The number of benzene rings is 1. The zero-order valence-electron chi connectivity index (χ0n) is 12.2. The minimum absolute atomic E-state index is 0.587. The van der Waals surface area contributed by atoms with E-state index in [1.54, 1.807) is 18.4 Å². The summed E-state index contributed by atoms with van der Waals surface area (Å²) in [5, 5.41) is 3.14. The molecule has 0 aliphatic carbocycles. The van der Waals surface area contributed by atoms with Gasteiger partial charge in [-0.1, -0.05) is 13.0 Å². The Labute approximate surface area is 124 Å². The van der Waals surface area contributed by atoms with Crippen LogP contribution in [0.2, 0.25) is 0 Å². The molecule has 2 aromatic rings. The Hall–Kier alpha value is -1.52. The Bertz CT molecular complexity index is 551. The van der Waals surface area contributed by atoms with Crippen LogP contribution in [0.15, 0.2) is 30.3 Å². The lowest BCUT2D eigenvalue weighted by Gasteiger charge is -2.11. The fraction of sp³-hybridized carbons (Fsp3) is 0.375. The molecule has 0 radical (unpaired) electrons. The van der Waals surface area contributed by atoms with Crippen LogP contribution in [0.4, 0.5) is 0 Å². The molecule has 3 nitrogen and oxygen atoms in total. The molecule has 0 bridgehead atoms. The molecular weight excluding hydrogens is 270 g/mol. The van der Waals surface area contributed by atoms with Crippen molar-refractivity contribution in [1.29, 1.82) is 0 Å². The van der Waals surface area contributed by atoms with Crippen LogP contribution in [0.25, 0.3) is 0 Å². The van der Waals surface area contributed by atoms with E-state index in [1.165, 1.54) is 15.3 Å². The van der Waals surface area contributed by atoms with Gasteiger partial charge in [-0.15, -0.1) is 11.3 Å².